The summed E-state index contributed by atoms with van der Waals surface area (Å²) in [4.78, 5) is 0. The highest BCUT2D eigenvalue weighted by molar-refractivity contribution is 7.91. The van der Waals surface area contributed by atoms with Gasteiger partial charge < -0.3 is 5.11 Å². The zero-order valence-corrected chi connectivity index (χ0v) is 13.1. The summed E-state index contributed by atoms with van der Waals surface area (Å²) in [6.07, 6.45) is 4.14. The molecule has 0 heterocycles. The van der Waals surface area contributed by atoms with Gasteiger partial charge in [-0.25, -0.2) is 17.2 Å². The fourth-order valence-electron chi connectivity index (χ4n) is 3.81. The molecule has 6 heteroatoms. The van der Waals surface area contributed by atoms with Crippen molar-refractivity contribution in [3.05, 3.63) is 34.9 Å². The molecular weight excluding hydrogens is 310 g/mol. The molecule has 2 aliphatic carbocycles. The second kappa shape index (κ2) is 5.57. The molecule has 0 bridgehead atoms. The predicted octanol–water partition coefficient (Wildman–Crippen LogP) is 3.06. The van der Waals surface area contributed by atoms with Crippen LogP contribution >= 0.6 is 0 Å². The van der Waals surface area contributed by atoms with Crippen LogP contribution in [0.2, 0.25) is 0 Å². The van der Waals surface area contributed by atoms with E-state index in [1.54, 1.807) is 0 Å². The van der Waals surface area contributed by atoms with Gasteiger partial charge in [-0.3, -0.25) is 0 Å². The van der Waals surface area contributed by atoms with Gasteiger partial charge in [0.05, 0.1) is 16.6 Å². The molecule has 0 amide bonds. The molecule has 1 aromatic rings. The lowest BCUT2D eigenvalue weighted by Crippen LogP contribution is -2.40. The van der Waals surface area contributed by atoms with Gasteiger partial charge in [-0.1, -0.05) is 19.3 Å². The first-order valence-corrected chi connectivity index (χ1v) is 9.44. The molecule has 0 saturated heterocycles. The number of sulfone groups is 1. The van der Waals surface area contributed by atoms with Crippen molar-refractivity contribution in [2.75, 3.05) is 5.75 Å². The normalized spacial score (nSPS) is 24.2. The van der Waals surface area contributed by atoms with Crippen LogP contribution in [0.1, 0.15) is 54.9 Å². The molecule has 0 radical (unpaired) electrons. The standard InChI is InChI=1S/C16H20F2O3S/c17-11-8-13-12(14(18)9-11)4-5-15(13)22(20,21)10-16(19)6-2-1-3-7-16/h8-9,15,19H,1-7,10H2. The van der Waals surface area contributed by atoms with Crippen molar-refractivity contribution in [1.29, 1.82) is 0 Å². The van der Waals surface area contributed by atoms with Gasteiger partial charge in [0.25, 0.3) is 0 Å². The molecule has 1 atom stereocenters. The Kier molecular flexibility index (Phi) is 4.01. The Balaban J connectivity index is 1.89. The van der Waals surface area contributed by atoms with Gasteiger partial charge in [0.2, 0.25) is 0 Å². The van der Waals surface area contributed by atoms with Crippen molar-refractivity contribution in [3.63, 3.8) is 0 Å². The maximum Gasteiger partial charge on any atom is 0.160 e. The zero-order valence-electron chi connectivity index (χ0n) is 12.3. The third kappa shape index (κ3) is 2.91. The van der Waals surface area contributed by atoms with Crippen molar-refractivity contribution in [2.45, 2.75) is 55.8 Å². The first-order valence-electron chi connectivity index (χ1n) is 7.73. The monoisotopic (exact) mass is 330 g/mol. The van der Waals surface area contributed by atoms with Crippen LogP contribution in [-0.4, -0.2) is 24.9 Å². The van der Waals surface area contributed by atoms with Gasteiger partial charge >= 0.3 is 0 Å². The van der Waals surface area contributed by atoms with Crippen LogP contribution in [0, 0.1) is 11.6 Å². The second-order valence-corrected chi connectivity index (χ2v) is 8.76. The third-order valence-corrected chi connectivity index (χ3v) is 7.18. The predicted molar refractivity (Wildman–Crippen MR) is 79.2 cm³/mol. The summed E-state index contributed by atoms with van der Waals surface area (Å²) >= 11 is 0. The van der Waals surface area contributed by atoms with Gasteiger partial charge in [0.1, 0.15) is 11.6 Å². The average molecular weight is 330 g/mol. The molecule has 0 spiro atoms. The molecule has 22 heavy (non-hydrogen) atoms. The Bertz CT molecular complexity index is 679. The van der Waals surface area contributed by atoms with E-state index in [4.69, 9.17) is 0 Å². The van der Waals surface area contributed by atoms with Gasteiger partial charge in [-0.15, -0.1) is 0 Å². The smallest absolute Gasteiger partial charge is 0.160 e. The number of benzene rings is 1. The van der Waals surface area contributed by atoms with Gasteiger partial charge in [0, 0.05) is 6.07 Å². The van der Waals surface area contributed by atoms with Crippen molar-refractivity contribution in [2.24, 2.45) is 0 Å². The highest BCUT2D eigenvalue weighted by Crippen LogP contribution is 2.41. The molecule has 1 saturated carbocycles. The Morgan fingerprint density at radius 2 is 1.86 bits per heavy atom. The van der Waals surface area contributed by atoms with E-state index in [2.05, 4.69) is 0 Å². The highest BCUT2D eigenvalue weighted by Gasteiger charge is 2.41. The number of fused-ring (bicyclic) bond motifs is 1. The second-order valence-electron chi connectivity index (χ2n) is 6.57. The lowest BCUT2D eigenvalue weighted by molar-refractivity contribution is 0.0255. The number of halogens is 2. The summed E-state index contributed by atoms with van der Waals surface area (Å²) in [5.41, 5.74) is -0.659. The van der Waals surface area contributed by atoms with E-state index in [9.17, 15) is 22.3 Å². The molecule has 1 unspecified atom stereocenters. The summed E-state index contributed by atoms with van der Waals surface area (Å²) in [5, 5.41) is 9.59. The van der Waals surface area contributed by atoms with Crippen molar-refractivity contribution < 1.29 is 22.3 Å². The van der Waals surface area contributed by atoms with E-state index in [1.807, 2.05) is 0 Å². The molecule has 122 valence electrons. The van der Waals surface area contributed by atoms with E-state index in [1.165, 1.54) is 0 Å². The van der Waals surface area contributed by atoms with Crippen LogP contribution in [0.5, 0.6) is 0 Å². The van der Waals surface area contributed by atoms with E-state index >= 15 is 0 Å². The third-order valence-electron chi connectivity index (χ3n) is 4.89. The first kappa shape index (κ1) is 15.9. The molecule has 0 aromatic heterocycles. The first-order chi connectivity index (χ1) is 10.3. The van der Waals surface area contributed by atoms with Gasteiger partial charge in [0.15, 0.2) is 9.84 Å². The minimum atomic E-state index is -3.65. The Labute approximate surface area is 129 Å². The minimum absolute atomic E-state index is 0.233. The van der Waals surface area contributed by atoms with Crippen LogP contribution in [-0.2, 0) is 16.3 Å². The topological polar surface area (TPSA) is 54.4 Å². The largest absolute Gasteiger partial charge is 0.389 e. The van der Waals surface area contributed by atoms with E-state index in [0.29, 0.717) is 24.8 Å². The van der Waals surface area contributed by atoms with Crippen LogP contribution in [0.15, 0.2) is 12.1 Å². The number of hydrogen-bond donors (Lipinski definition) is 1. The van der Waals surface area contributed by atoms with Crippen molar-refractivity contribution in [1.82, 2.24) is 0 Å². The quantitative estimate of drug-likeness (QED) is 0.927. The highest BCUT2D eigenvalue weighted by atomic mass is 32.2. The molecule has 1 N–H and O–H groups in total. The molecule has 3 nitrogen and oxygen atoms in total. The molecule has 0 aliphatic heterocycles. The van der Waals surface area contributed by atoms with Gasteiger partial charge in [-0.05, 0) is 42.9 Å². The van der Waals surface area contributed by atoms with Crippen molar-refractivity contribution >= 4 is 9.84 Å². The van der Waals surface area contributed by atoms with Crippen LogP contribution in [0.25, 0.3) is 0 Å². The molecule has 1 aromatic carbocycles. The van der Waals surface area contributed by atoms with E-state index in [0.717, 1.165) is 31.4 Å². The summed E-state index contributed by atoms with van der Waals surface area (Å²) in [6.45, 7) is 0. The number of aliphatic hydroxyl groups is 1. The Hall–Kier alpha value is -1.01. The van der Waals surface area contributed by atoms with E-state index in [-0.39, 0.29) is 17.7 Å². The SMILES string of the molecule is O=S(=O)(CC1(O)CCCCC1)C1CCc2c(F)cc(F)cc21. The summed E-state index contributed by atoms with van der Waals surface area (Å²) in [6, 6.07) is 1.92. The maximum atomic E-state index is 13.8. The number of hydrogen-bond acceptors (Lipinski definition) is 3. The zero-order chi connectivity index (χ0) is 16.0. The van der Waals surface area contributed by atoms with Crippen LogP contribution in [0.4, 0.5) is 8.78 Å². The fourth-order valence-corrected chi connectivity index (χ4v) is 6.12. The summed E-state index contributed by atoms with van der Waals surface area (Å²) in [7, 11) is -3.65. The molecule has 1 fully saturated rings. The lowest BCUT2D eigenvalue weighted by atomic mass is 9.86. The number of rotatable bonds is 3. The summed E-state index contributed by atoms with van der Waals surface area (Å²) in [5.74, 6) is -1.75. The Morgan fingerprint density at radius 1 is 1.18 bits per heavy atom. The van der Waals surface area contributed by atoms with Crippen LogP contribution in [0.3, 0.4) is 0 Å². The lowest BCUT2D eigenvalue weighted by Gasteiger charge is -2.32. The maximum absolute atomic E-state index is 13.8. The minimum Gasteiger partial charge on any atom is -0.389 e. The summed E-state index contributed by atoms with van der Waals surface area (Å²) < 4.78 is 52.6. The fraction of sp³-hybridized carbons (Fsp3) is 0.625. The molecule has 2 aliphatic rings. The van der Waals surface area contributed by atoms with Gasteiger partial charge in [-0.2, -0.15) is 0 Å². The van der Waals surface area contributed by atoms with E-state index < -0.39 is 32.3 Å². The Morgan fingerprint density at radius 3 is 2.55 bits per heavy atom. The molecular formula is C16H20F2O3S. The average Bonchev–Trinajstić information content (AvgIpc) is 2.83. The van der Waals surface area contributed by atoms with Crippen LogP contribution < -0.4 is 0 Å². The van der Waals surface area contributed by atoms with Crippen molar-refractivity contribution in [3.8, 4) is 0 Å². The molecule has 3 rings (SSSR count).